The molecule has 0 aliphatic heterocycles. The van der Waals surface area contributed by atoms with Gasteiger partial charge in [0, 0.05) is 13.1 Å². The van der Waals surface area contributed by atoms with Gasteiger partial charge in [0.05, 0.1) is 14.2 Å². The zero-order valence-electron chi connectivity index (χ0n) is 34.0. The average molecular weight is 794 g/mol. The summed E-state index contributed by atoms with van der Waals surface area (Å²) in [6, 6.07) is 32.2. The molecule has 0 aliphatic carbocycles. The predicted octanol–water partition coefficient (Wildman–Crippen LogP) is 6.90. The number of ether oxygens (including phenoxy) is 6. The topological polar surface area (TPSA) is 109 Å². The molecule has 0 fully saturated rings. The van der Waals surface area contributed by atoms with Crippen LogP contribution >= 0.6 is 7.75 Å². The van der Waals surface area contributed by atoms with E-state index in [0.29, 0.717) is 13.1 Å². The lowest BCUT2D eigenvalue weighted by Gasteiger charge is -2.25. The minimum Gasteiger partial charge on any atom is -0.497 e. The number of rotatable bonds is 27. The fourth-order valence-electron chi connectivity index (χ4n) is 5.96. The van der Waals surface area contributed by atoms with E-state index in [-0.39, 0.29) is 39.0 Å². The van der Waals surface area contributed by atoms with Crippen LogP contribution in [0.2, 0.25) is 0 Å². The van der Waals surface area contributed by atoms with Crippen LogP contribution in [0.5, 0.6) is 23.0 Å². The Labute approximate surface area is 333 Å². The van der Waals surface area contributed by atoms with Crippen LogP contribution in [0.15, 0.2) is 97.1 Å². The first-order valence-electron chi connectivity index (χ1n) is 18.9. The third-order valence-corrected chi connectivity index (χ3v) is 10.3. The Balaban J connectivity index is 1.26. The van der Waals surface area contributed by atoms with E-state index in [0.717, 1.165) is 59.8 Å². The molecule has 0 heterocycles. The lowest BCUT2D eigenvalue weighted by atomic mass is 10.0. The van der Waals surface area contributed by atoms with E-state index in [1.165, 1.54) is 18.2 Å². The van der Waals surface area contributed by atoms with Crippen LogP contribution in [0.4, 0.5) is 0 Å². The normalized spacial score (nSPS) is 12.8. The van der Waals surface area contributed by atoms with E-state index in [1.54, 1.807) is 14.2 Å². The van der Waals surface area contributed by atoms with Crippen LogP contribution in [0.1, 0.15) is 22.3 Å². The van der Waals surface area contributed by atoms with Crippen molar-refractivity contribution in [2.75, 3.05) is 89.3 Å². The summed E-state index contributed by atoms with van der Waals surface area (Å²) in [7, 11) is 8.89. The van der Waals surface area contributed by atoms with E-state index >= 15 is 0 Å². The Bertz CT molecular complexity index is 1650. The summed E-state index contributed by atoms with van der Waals surface area (Å²) in [5.41, 5.74) is 4.56. The first-order chi connectivity index (χ1) is 27.1. The summed E-state index contributed by atoms with van der Waals surface area (Å²) in [6.07, 6.45) is 2.53. The molecule has 4 aromatic carbocycles. The van der Waals surface area contributed by atoms with Gasteiger partial charge < -0.3 is 38.2 Å². The standard InChI is InChI=1S/C43H60N3O9P/c1-44-56(47,54-32-52-40(28-45(2)3)30-50-42-20-10-8-16-36(42)24-22-34-14-12-18-38(26-34)48-6)55-33-53-41(29-46(4)5)31-51-43-21-11-9-17-37(43)25-23-35-15-13-19-39(27-35)49-7/h8-21,26-27,40-41H,22-25,28-33H2,1-7H3,(H,44,47)/t40-,41-/m0/s1. The average Bonchev–Trinajstić information content (AvgIpc) is 3.20. The largest absolute Gasteiger partial charge is 0.497 e. The summed E-state index contributed by atoms with van der Waals surface area (Å²) in [4.78, 5) is 3.99. The van der Waals surface area contributed by atoms with Crippen molar-refractivity contribution in [1.82, 2.24) is 14.9 Å². The van der Waals surface area contributed by atoms with Crippen molar-refractivity contribution in [2.24, 2.45) is 0 Å². The van der Waals surface area contributed by atoms with Crippen LogP contribution in [0, 0.1) is 0 Å². The van der Waals surface area contributed by atoms with E-state index < -0.39 is 7.75 Å². The number of nitrogens with one attached hydrogen (secondary N) is 1. The third-order valence-electron chi connectivity index (χ3n) is 8.89. The monoisotopic (exact) mass is 793 g/mol. The van der Waals surface area contributed by atoms with Gasteiger partial charge in [0.25, 0.3) is 0 Å². The first-order valence-corrected chi connectivity index (χ1v) is 20.4. The number of hydrogen-bond acceptors (Lipinski definition) is 11. The van der Waals surface area contributed by atoms with Gasteiger partial charge in [-0.1, -0.05) is 60.7 Å². The van der Waals surface area contributed by atoms with Crippen molar-refractivity contribution in [2.45, 2.75) is 37.9 Å². The van der Waals surface area contributed by atoms with Gasteiger partial charge >= 0.3 is 7.75 Å². The molecular formula is C43H60N3O9P. The fraction of sp³-hybridized carbons (Fsp3) is 0.442. The van der Waals surface area contributed by atoms with E-state index in [4.69, 9.17) is 37.5 Å². The highest BCUT2D eigenvalue weighted by atomic mass is 31.2. The number of likely N-dealkylation sites (N-methyl/N-ethyl adjacent to an activating group) is 2. The molecule has 0 aliphatic rings. The Morgan fingerprint density at radius 2 is 1.02 bits per heavy atom. The number of hydrogen-bond donors (Lipinski definition) is 1. The molecule has 4 rings (SSSR count). The SMILES string of the molecule is CNP(=O)(OCO[C@H](COc1ccccc1CCc1cccc(OC)c1)CN(C)C)OCO[C@H](COc1ccccc1CCc1cccc(OC)c1)CN(C)C. The second-order valence-corrected chi connectivity index (χ2v) is 15.8. The summed E-state index contributed by atoms with van der Waals surface area (Å²) in [5, 5.41) is 2.66. The van der Waals surface area contributed by atoms with Crippen molar-refractivity contribution >= 4 is 7.75 Å². The number of aryl methyl sites for hydroxylation is 4. The third kappa shape index (κ3) is 15.9. The smallest absolute Gasteiger partial charge is 0.409 e. The van der Waals surface area contributed by atoms with Gasteiger partial charge in [0.15, 0.2) is 13.6 Å². The lowest BCUT2D eigenvalue weighted by Crippen LogP contribution is -2.34. The van der Waals surface area contributed by atoms with Gasteiger partial charge in [-0.15, -0.1) is 0 Å². The van der Waals surface area contributed by atoms with Gasteiger partial charge in [0.1, 0.15) is 48.4 Å². The van der Waals surface area contributed by atoms with E-state index in [2.05, 4.69) is 41.5 Å². The molecular weight excluding hydrogens is 733 g/mol. The highest BCUT2D eigenvalue weighted by Crippen LogP contribution is 2.43. The lowest BCUT2D eigenvalue weighted by molar-refractivity contribution is -0.0869. The second kappa shape index (κ2) is 23.9. The second-order valence-electron chi connectivity index (χ2n) is 13.9. The Morgan fingerprint density at radius 1 is 0.589 bits per heavy atom. The van der Waals surface area contributed by atoms with Crippen molar-refractivity contribution < 1.29 is 42.0 Å². The van der Waals surface area contributed by atoms with Crippen molar-refractivity contribution in [3.05, 3.63) is 119 Å². The predicted molar refractivity (Wildman–Crippen MR) is 220 cm³/mol. The van der Waals surface area contributed by atoms with Gasteiger partial charge in [-0.25, -0.2) is 9.65 Å². The summed E-state index contributed by atoms with van der Waals surface area (Å²) in [6.45, 7) is 1.07. The Hall–Kier alpha value is -3.97. The number of nitrogens with zero attached hydrogens (tertiary/aromatic N) is 2. The molecule has 0 unspecified atom stereocenters. The van der Waals surface area contributed by atoms with Gasteiger partial charge in [0.2, 0.25) is 0 Å². The molecule has 12 nitrogen and oxygen atoms in total. The van der Waals surface area contributed by atoms with Crippen LogP contribution < -0.4 is 24.0 Å². The zero-order valence-corrected chi connectivity index (χ0v) is 34.9. The molecule has 0 aromatic heterocycles. The van der Waals surface area contributed by atoms with Crippen LogP contribution in [-0.2, 0) is 48.8 Å². The maximum absolute atomic E-state index is 13.5. The number of para-hydroxylation sites is 2. The molecule has 0 spiro atoms. The van der Waals surface area contributed by atoms with Gasteiger partial charge in [-0.2, -0.15) is 0 Å². The maximum atomic E-state index is 13.5. The summed E-state index contributed by atoms with van der Waals surface area (Å²) in [5.74, 6) is 3.26. The van der Waals surface area contributed by atoms with Crippen molar-refractivity contribution in [3.63, 3.8) is 0 Å². The molecule has 56 heavy (non-hydrogen) atoms. The minimum atomic E-state index is -3.77. The molecule has 0 saturated heterocycles. The maximum Gasteiger partial charge on any atom is 0.409 e. The number of benzene rings is 4. The van der Waals surface area contributed by atoms with E-state index in [9.17, 15) is 4.57 Å². The molecule has 13 heteroatoms. The zero-order chi connectivity index (χ0) is 40.2. The van der Waals surface area contributed by atoms with Crippen molar-refractivity contribution in [3.8, 4) is 23.0 Å². The highest BCUT2D eigenvalue weighted by molar-refractivity contribution is 7.51. The molecule has 4 aromatic rings. The molecule has 2 atom stereocenters. The molecule has 0 saturated carbocycles. The molecule has 306 valence electrons. The first kappa shape index (κ1) is 44.7. The van der Waals surface area contributed by atoms with Crippen LogP contribution in [-0.4, -0.2) is 111 Å². The van der Waals surface area contributed by atoms with Crippen molar-refractivity contribution in [1.29, 1.82) is 0 Å². The number of methoxy groups -OCH3 is 2. The fourth-order valence-corrected chi connectivity index (χ4v) is 6.69. The molecule has 0 bridgehead atoms. The van der Waals surface area contributed by atoms with Crippen LogP contribution in [0.3, 0.4) is 0 Å². The minimum absolute atomic E-state index is 0.266. The quantitative estimate of drug-likeness (QED) is 0.0501. The molecule has 1 N–H and O–H groups in total. The Morgan fingerprint density at radius 3 is 1.41 bits per heavy atom. The highest BCUT2D eigenvalue weighted by Gasteiger charge is 2.25. The summed E-state index contributed by atoms with van der Waals surface area (Å²) < 4.78 is 60.2. The summed E-state index contributed by atoms with van der Waals surface area (Å²) >= 11 is 0. The molecule has 0 amide bonds. The molecule has 0 radical (unpaired) electrons. The van der Waals surface area contributed by atoms with Gasteiger partial charge in [-0.3, -0.25) is 9.05 Å². The van der Waals surface area contributed by atoms with Gasteiger partial charge in [-0.05, 0) is 120 Å². The van der Waals surface area contributed by atoms with E-state index in [1.807, 2.05) is 98.7 Å². The Kier molecular flexibility index (Phi) is 19.1. The van der Waals surface area contributed by atoms with Crippen LogP contribution in [0.25, 0.3) is 0 Å².